The zero-order chi connectivity index (χ0) is 26.8. The van der Waals surface area contributed by atoms with Crippen molar-refractivity contribution in [2.75, 3.05) is 69.0 Å². The molecule has 1 aromatic carbocycles. The molecule has 9 nitrogen and oxygen atoms in total. The van der Waals surface area contributed by atoms with Gasteiger partial charge in [0.05, 0.1) is 42.9 Å². The van der Waals surface area contributed by atoms with Gasteiger partial charge in [-0.3, -0.25) is 14.4 Å². The summed E-state index contributed by atoms with van der Waals surface area (Å²) in [5, 5.41) is 0. The molecule has 1 atom stereocenters. The average molecular weight is 547 g/mol. The van der Waals surface area contributed by atoms with E-state index in [0.717, 1.165) is 28.0 Å². The monoisotopic (exact) mass is 546 g/mol. The van der Waals surface area contributed by atoms with Gasteiger partial charge >= 0.3 is 0 Å². The van der Waals surface area contributed by atoms with E-state index in [4.69, 9.17) is 14.5 Å². The summed E-state index contributed by atoms with van der Waals surface area (Å²) >= 11 is 1.46. The van der Waals surface area contributed by atoms with E-state index in [0.29, 0.717) is 82.0 Å². The molecule has 39 heavy (non-hydrogen) atoms. The van der Waals surface area contributed by atoms with E-state index < -0.39 is 0 Å². The van der Waals surface area contributed by atoms with Crippen LogP contribution in [0.15, 0.2) is 48.5 Å². The topological polar surface area (TPSA) is 92.3 Å². The van der Waals surface area contributed by atoms with E-state index in [-0.39, 0.29) is 17.7 Å². The summed E-state index contributed by atoms with van der Waals surface area (Å²) in [6.07, 6.45) is 1.53. The predicted octanol–water partition coefficient (Wildman–Crippen LogP) is 3.14. The molecule has 3 aliphatic rings. The molecule has 10 heteroatoms. The summed E-state index contributed by atoms with van der Waals surface area (Å²) in [5.74, 6) is 0.245. The van der Waals surface area contributed by atoms with Crippen molar-refractivity contribution in [3.8, 4) is 10.4 Å². The summed E-state index contributed by atoms with van der Waals surface area (Å²) in [6, 6.07) is 15.2. The van der Waals surface area contributed by atoms with Crippen LogP contribution in [0, 0.1) is 5.92 Å². The van der Waals surface area contributed by atoms with Gasteiger partial charge in [-0.05, 0) is 36.2 Å². The molecule has 0 N–H and O–H groups in total. The Hall–Kier alpha value is -3.60. The number of thiophene rings is 1. The quantitative estimate of drug-likeness (QED) is 0.465. The third-order valence-corrected chi connectivity index (χ3v) is 8.58. The van der Waals surface area contributed by atoms with Gasteiger partial charge in [0, 0.05) is 43.2 Å². The zero-order valence-electron chi connectivity index (χ0n) is 21.6. The van der Waals surface area contributed by atoms with E-state index in [1.165, 1.54) is 11.3 Å². The van der Waals surface area contributed by atoms with Crippen LogP contribution in [0.5, 0.6) is 0 Å². The molecule has 3 aromatic rings. The van der Waals surface area contributed by atoms with Gasteiger partial charge in [0.25, 0.3) is 5.91 Å². The average Bonchev–Trinajstić information content (AvgIpc) is 3.15. The van der Waals surface area contributed by atoms with Crippen molar-refractivity contribution in [2.45, 2.75) is 6.42 Å². The number of benzene rings is 1. The summed E-state index contributed by atoms with van der Waals surface area (Å²) in [7, 11) is 0. The molecule has 0 saturated carbocycles. The second kappa shape index (κ2) is 11.3. The SMILES string of the molecule is O=Cc1cc2c(s1)-c1ccccc1N(C(=O)c1cccc(N3CCOCC(C(=O)N4CCOCC4)C3)n1)CC2. The van der Waals surface area contributed by atoms with Gasteiger partial charge in [0.2, 0.25) is 5.91 Å². The van der Waals surface area contributed by atoms with Crippen molar-refractivity contribution in [1.82, 2.24) is 9.88 Å². The fraction of sp³-hybridized carbons (Fsp3) is 0.379. The highest BCUT2D eigenvalue weighted by molar-refractivity contribution is 7.17. The molecule has 0 spiro atoms. The van der Waals surface area contributed by atoms with Crippen molar-refractivity contribution >= 4 is 40.9 Å². The number of rotatable bonds is 4. The van der Waals surface area contributed by atoms with Crippen molar-refractivity contribution < 1.29 is 23.9 Å². The van der Waals surface area contributed by atoms with Crippen LogP contribution in [0.4, 0.5) is 11.5 Å². The van der Waals surface area contributed by atoms with E-state index in [1.54, 1.807) is 11.0 Å². The van der Waals surface area contributed by atoms with E-state index in [2.05, 4.69) is 0 Å². The summed E-state index contributed by atoms with van der Waals surface area (Å²) < 4.78 is 11.2. The number of hydrogen-bond acceptors (Lipinski definition) is 8. The molecule has 0 aliphatic carbocycles. The van der Waals surface area contributed by atoms with Gasteiger partial charge < -0.3 is 24.2 Å². The number of carbonyl (C=O) groups is 3. The third kappa shape index (κ3) is 5.19. The van der Waals surface area contributed by atoms with Gasteiger partial charge in [0.15, 0.2) is 6.29 Å². The Morgan fingerprint density at radius 1 is 0.974 bits per heavy atom. The minimum absolute atomic E-state index is 0.0730. The first-order chi connectivity index (χ1) is 19.1. The van der Waals surface area contributed by atoms with E-state index >= 15 is 0 Å². The maximum Gasteiger partial charge on any atom is 0.276 e. The van der Waals surface area contributed by atoms with Crippen molar-refractivity contribution in [1.29, 1.82) is 0 Å². The number of ether oxygens (including phenoxy) is 2. The number of pyridine rings is 1. The van der Waals surface area contributed by atoms with Crippen LogP contribution >= 0.6 is 11.3 Å². The van der Waals surface area contributed by atoms with Gasteiger partial charge in [-0.1, -0.05) is 24.3 Å². The largest absolute Gasteiger partial charge is 0.379 e. The molecular formula is C29H30N4O5S. The number of hydrogen-bond donors (Lipinski definition) is 0. The molecule has 3 aliphatic heterocycles. The van der Waals surface area contributed by atoms with Crippen molar-refractivity contribution in [3.63, 3.8) is 0 Å². The minimum Gasteiger partial charge on any atom is -0.379 e. The first-order valence-electron chi connectivity index (χ1n) is 13.3. The molecule has 0 radical (unpaired) electrons. The third-order valence-electron chi connectivity index (χ3n) is 7.45. The highest BCUT2D eigenvalue weighted by Gasteiger charge is 2.31. The first-order valence-corrected chi connectivity index (χ1v) is 14.1. The normalized spacial score (nSPS) is 19.5. The molecule has 2 fully saturated rings. The van der Waals surface area contributed by atoms with E-state index in [9.17, 15) is 14.4 Å². The molecule has 202 valence electrons. The molecule has 2 saturated heterocycles. The number of anilines is 2. The van der Waals surface area contributed by atoms with E-state index in [1.807, 2.05) is 52.3 Å². The number of aldehydes is 1. The summed E-state index contributed by atoms with van der Waals surface area (Å²) in [4.78, 5) is 50.7. The van der Waals surface area contributed by atoms with Crippen molar-refractivity contribution in [2.24, 2.45) is 5.92 Å². The number of para-hydroxylation sites is 1. The van der Waals surface area contributed by atoms with Crippen LogP contribution in [0.1, 0.15) is 25.7 Å². The fourth-order valence-corrected chi connectivity index (χ4v) is 6.51. The van der Waals surface area contributed by atoms with Gasteiger partial charge in [-0.2, -0.15) is 0 Å². The summed E-state index contributed by atoms with van der Waals surface area (Å²) in [6.45, 7) is 4.70. The maximum atomic E-state index is 13.9. The molecule has 1 unspecified atom stereocenters. The molecule has 2 aromatic heterocycles. The Morgan fingerprint density at radius 3 is 2.64 bits per heavy atom. The molecule has 0 bridgehead atoms. The first kappa shape index (κ1) is 25.7. The maximum absolute atomic E-state index is 13.9. The number of nitrogens with zero attached hydrogens (tertiary/aromatic N) is 4. The van der Waals surface area contributed by atoms with Gasteiger partial charge in [-0.15, -0.1) is 11.3 Å². The molecular weight excluding hydrogens is 516 g/mol. The zero-order valence-corrected chi connectivity index (χ0v) is 22.4. The number of carbonyl (C=O) groups excluding carboxylic acids is 3. The van der Waals surface area contributed by atoms with Crippen LogP contribution in [0.25, 0.3) is 10.4 Å². The number of aromatic nitrogens is 1. The van der Waals surface area contributed by atoms with Crippen LogP contribution in [-0.4, -0.2) is 87.1 Å². The molecule has 6 rings (SSSR count). The van der Waals surface area contributed by atoms with Crippen LogP contribution in [0.2, 0.25) is 0 Å². The summed E-state index contributed by atoms with van der Waals surface area (Å²) in [5.41, 5.74) is 3.18. The molecule has 2 amide bonds. The van der Waals surface area contributed by atoms with Crippen LogP contribution < -0.4 is 9.80 Å². The van der Waals surface area contributed by atoms with Gasteiger partial charge in [-0.25, -0.2) is 4.98 Å². The standard InChI is InChI=1S/C29H30N4O5S/c34-18-22-16-20-8-9-33(25-6-2-1-4-23(25)27(20)39-22)29(36)24-5-3-7-26(30-24)32-12-15-38-19-21(17-32)28(35)31-10-13-37-14-11-31/h1-7,16,18,21H,8-15,17,19H2. The Labute approximate surface area is 230 Å². The highest BCUT2D eigenvalue weighted by atomic mass is 32.1. The van der Waals surface area contributed by atoms with Crippen LogP contribution in [-0.2, 0) is 20.7 Å². The lowest BCUT2D eigenvalue weighted by atomic mass is 10.1. The Morgan fingerprint density at radius 2 is 1.79 bits per heavy atom. The number of morpholine rings is 1. The predicted molar refractivity (Wildman–Crippen MR) is 149 cm³/mol. The lowest BCUT2D eigenvalue weighted by Gasteiger charge is -2.31. The fourth-order valence-electron chi connectivity index (χ4n) is 5.45. The smallest absolute Gasteiger partial charge is 0.276 e. The Balaban J connectivity index is 1.25. The Kier molecular flexibility index (Phi) is 7.40. The van der Waals surface area contributed by atoms with Gasteiger partial charge in [0.1, 0.15) is 11.5 Å². The number of fused-ring (bicyclic) bond motifs is 3. The second-order valence-electron chi connectivity index (χ2n) is 9.88. The lowest BCUT2D eigenvalue weighted by molar-refractivity contribution is -0.140. The Bertz CT molecular complexity index is 1390. The van der Waals surface area contributed by atoms with Crippen molar-refractivity contribution in [3.05, 3.63) is 64.7 Å². The van der Waals surface area contributed by atoms with Crippen LogP contribution in [0.3, 0.4) is 0 Å². The number of amides is 2. The highest BCUT2D eigenvalue weighted by Crippen LogP contribution is 2.41. The molecule has 5 heterocycles. The minimum atomic E-state index is -0.306. The lowest BCUT2D eigenvalue weighted by Crippen LogP contribution is -2.47. The second-order valence-corrected chi connectivity index (χ2v) is 11.0.